The van der Waals surface area contributed by atoms with E-state index in [0.29, 0.717) is 0 Å². The normalized spacial score (nSPS) is 11.4. The van der Waals surface area contributed by atoms with Gasteiger partial charge in [0.05, 0.1) is 0 Å². The molecular weight excluding hydrogens is 819 g/mol. The first-order valence-corrected chi connectivity index (χ1v) is 25.1. The molecule has 9 aromatic rings. The Morgan fingerprint density at radius 1 is 0.276 bits per heavy atom. The highest BCUT2D eigenvalue weighted by Crippen LogP contribution is 2.44. The summed E-state index contributed by atoms with van der Waals surface area (Å²) in [6.07, 6.45) is 7.02. The number of anilines is 3. The van der Waals surface area contributed by atoms with E-state index in [2.05, 4.69) is 171 Å². The van der Waals surface area contributed by atoms with Gasteiger partial charge in [0.25, 0.3) is 0 Å². The summed E-state index contributed by atoms with van der Waals surface area (Å²) in [5.74, 6) is 0. The van der Waals surface area contributed by atoms with Crippen LogP contribution in [-0.4, -0.2) is 0 Å². The van der Waals surface area contributed by atoms with Crippen LogP contribution >= 0.6 is 68.0 Å². The molecule has 0 bridgehead atoms. The Morgan fingerprint density at radius 3 is 0.793 bits per heavy atom. The molecule has 1 nitrogen and oxygen atoms in total. The highest BCUT2D eigenvalue weighted by molar-refractivity contribution is 7.25. The van der Waals surface area contributed by atoms with Gasteiger partial charge in [-0.15, -0.1) is 68.0 Å². The molecule has 6 heterocycles. The van der Waals surface area contributed by atoms with Crippen molar-refractivity contribution in [2.45, 2.75) is 59.3 Å². The average Bonchev–Trinajstić information content (AvgIpc) is 4.10. The van der Waals surface area contributed by atoms with Gasteiger partial charge < -0.3 is 4.90 Å². The second-order valence-electron chi connectivity index (χ2n) is 14.5. The van der Waals surface area contributed by atoms with E-state index in [9.17, 15) is 0 Å². The molecule has 3 aromatic carbocycles. The number of nitrogens with zero attached hydrogens (tertiary/aromatic N) is 1. The van der Waals surface area contributed by atoms with Crippen LogP contribution in [0, 0.1) is 0 Å². The van der Waals surface area contributed by atoms with Crippen LogP contribution in [0.1, 0.15) is 54.7 Å². The molecule has 0 spiro atoms. The van der Waals surface area contributed by atoms with Crippen molar-refractivity contribution in [1.29, 1.82) is 0 Å². The molecular formula is C51H45NS6. The van der Waals surface area contributed by atoms with Crippen molar-refractivity contribution in [2.75, 3.05) is 4.90 Å². The SMILES string of the molecule is CCCc1ccc(-c2ccc(-c3ccc(N(c4ccc(-c5ccc(-c6ccc(CCC)s6)s5)cc4)c4ccc(-c5ccc(-c6ccc(CCC)s6)s5)cc4)cc3)s2)s1. The van der Waals surface area contributed by atoms with Gasteiger partial charge in [0.15, 0.2) is 0 Å². The number of aryl methyl sites for hydroxylation is 3. The summed E-state index contributed by atoms with van der Waals surface area (Å²) in [6.45, 7) is 6.75. The van der Waals surface area contributed by atoms with E-state index < -0.39 is 0 Å². The van der Waals surface area contributed by atoms with Crippen molar-refractivity contribution >= 4 is 85.1 Å². The lowest BCUT2D eigenvalue weighted by molar-refractivity contribution is 0.940. The molecule has 6 aromatic heterocycles. The molecule has 0 atom stereocenters. The van der Waals surface area contributed by atoms with Crippen molar-refractivity contribution in [3.63, 3.8) is 0 Å². The van der Waals surface area contributed by atoms with Crippen molar-refractivity contribution in [1.82, 2.24) is 0 Å². The molecule has 0 aliphatic rings. The van der Waals surface area contributed by atoms with Gasteiger partial charge in [0.2, 0.25) is 0 Å². The van der Waals surface area contributed by atoms with E-state index >= 15 is 0 Å². The molecule has 0 unspecified atom stereocenters. The minimum atomic E-state index is 1.14. The summed E-state index contributed by atoms with van der Waals surface area (Å²) < 4.78 is 0. The van der Waals surface area contributed by atoms with Gasteiger partial charge in [-0.25, -0.2) is 0 Å². The molecule has 0 radical (unpaired) electrons. The lowest BCUT2D eigenvalue weighted by atomic mass is 10.1. The fourth-order valence-electron chi connectivity index (χ4n) is 7.32. The third kappa shape index (κ3) is 8.53. The zero-order chi connectivity index (χ0) is 39.4. The van der Waals surface area contributed by atoms with E-state index in [1.165, 1.54) is 94.5 Å². The van der Waals surface area contributed by atoms with Gasteiger partial charge >= 0.3 is 0 Å². The lowest BCUT2D eigenvalue weighted by Crippen LogP contribution is -2.09. The molecule has 0 saturated heterocycles. The topological polar surface area (TPSA) is 3.24 Å². The van der Waals surface area contributed by atoms with Crippen LogP contribution in [0.5, 0.6) is 0 Å². The molecule has 9 rings (SSSR count). The smallest absolute Gasteiger partial charge is 0.0462 e. The Labute approximate surface area is 367 Å². The summed E-state index contributed by atoms with van der Waals surface area (Å²) in [5.41, 5.74) is 7.17. The maximum absolute atomic E-state index is 2.39. The molecule has 0 aliphatic carbocycles. The van der Waals surface area contributed by atoms with Gasteiger partial charge in [-0.1, -0.05) is 76.4 Å². The molecule has 7 heteroatoms. The monoisotopic (exact) mass is 863 g/mol. The average molecular weight is 864 g/mol. The minimum absolute atomic E-state index is 1.14. The first-order valence-electron chi connectivity index (χ1n) is 20.2. The summed E-state index contributed by atoms with van der Waals surface area (Å²) >= 11 is 11.4. The van der Waals surface area contributed by atoms with Crippen molar-refractivity contribution in [3.8, 4) is 60.6 Å². The van der Waals surface area contributed by atoms with E-state index in [4.69, 9.17) is 0 Å². The second kappa shape index (κ2) is 17.9. The third-order valence-electron chi connectivity index (χ3n) is 10.3. The Bertz CT molecular complexity index is 2410. The Kier molecular flexibility index (Phi) is 12.1. The maximum Gasteiger partial charge on any atom is 0.0462 e. The number of rotatable bonds is 15. The zero-order valence-electron chi connectivity index (χ0n) is 33.0. The lowest BCUT2D eigenvalue weighted by Gasteiger charge is -2.26. The van der Waals surface area contributed by atoms with Gasteiger partial charge in [-0.3, -0.25) is 0 Å². The number of benzene rings is 3. The van der Waals surface area contributed by atoms with E-state index in [1.54, 1.807) is 0 Å². The summed E-state index contributed by atoms with van der Waals surface area (Å²) in [5, 5.41) is 0. The van der Waals surface area contributed by atoms with Crippen LogP contribution in [0.15, 0.2) is 146 Å². The predicted octanol–water partition coefficient (Wildman–Crippen LogP) is 18.4. The molecule has 0 fully saturated rings. The summed E-state index contributed by atoms with van der Waals surface area (Å²) in [7, 11) is 0. The Hall–Kier alpha value is -4.34. The Balaban J connectivity index is 1.00. The van der Waals surface area contributed by atoms with Crippen LogP contribution < -0.4 is 4.90 Å². The number of hydrogen-bond acceptors (Lipinski definition) is 7. The van der Waals surface area contributed by atoms with Crippen LogP contribution in [0.25, 0.3) is 60.6 Å². The van der Waals surface area contributed by atoms with Gasteiger partial charge in [-0.05, 0) is 145 Å². The molecule has 0 amide bonds. The Morgan fingerprint density at radius 2 is 0.517 bits per heavy atom. The second-order valence-corrected chi connectivity index (χ2v) is 21.3. The fourth-order valence-corrected chi connectivity index (χ4v) is 14.0. The van der Waals surface area contributed by atoms with Crippen molar-refractivity contribution in [2.24, 2.45) is 0 Å². The molecule has 0 saturated carbocycles. The predicted molar refractivity (Wildman–Crippen MR) is 263 cm³/mol. The first-order chi connectivity index (χ1) is 28.5. The number of hydrogen-bond donors (Lipinski definition) is 0. The largest absolute Gasteiger partial charge is 0.311 e. The van der Waals surface area contributed by atoms with Crippen molar-refractivity contribution in [3.05, 3.63) is 160 Å². The van der Waals surface area contributed by atoms with Crippen molar-refractivity contribution < 1.29 is 0 Å². The van der Waals surface area contributed by atoms with Crippen LogP contribution in [0.2, 0.25) is 0 Å². The molecule has 290 valence electrons. The van der Waals surface area contributed by atoms with E-state index in [-0.39, 0.29) is 0 Å². The maximum atomic E-state index is 2.39. The molecule has 58 heavy (non-hydrogen) atoms. The van der Waals surface area contributed by atoms with Crippen LogP contribution in [-0.2, 0) is 19.3 Å². The molecule has 0 aliphatic heterocycles. The third-order valence-corrected chi connectivity index (χ3v) is 17.7. The van der Waals surface area contributed by atoms with Crippen LogP contribution in [0.3, 0.4) is 0 Å². The fraction of sp³-hybridized carbons (Fsp3) is 0.176. The van der Waals surface area contributed by atoms with E-state index in [0.717, 1.165) is 36.3 Å². The zero-order valence-corrected chi connectivity index (χ0v) is 37.9. The molecule has 0 N–H and O–H groups in total. The van der Waals surface area contributed by atoms with Gasteiger partial charge in [-0.2, -0.15) is 0 Å². The van der Waals surface area contributed by atoms with E-state index in [1.807, 2.05) is 68.0 Å². The summed E-state index contributed by atoms with van der Waals surface area (Å²) in [6, 6.07) is 54.8. The number of thiophene rings is 6. The standard InChI is InChI=1S/C51H45NS6/c1-4-7-40-22-25-46(53-40)49-31-28-43(56-49)34-10-16-37(17-11-34)52(38-18-12-35(13-19-38)44-29-32-50(57-44)47-26-23-41(54-47)8-5-2)39-20-14-36(15-21-39)45-30-33-51(58-45)48-27-24-42(55-48)9-6-3/h10-33H,4-9H2,1-3H3. The first kappa shape index (κ1) is 39.1. The summed E-state index contributed by atoms with van der Waals surface area (Å²) in [4.78, 5) is 18.8. The van der Waals surface area contributed by atoms with Gasteiger partial charge in [0.1, 0.15) is 0 Å². The minimum Gasteiger partial charge on any atom is -0.311 e. The van der Waals surface area contributed by atoms with Crippen LogP contribution in [0.4, 0.5) is 17.1 Å². The quantitative estimate of drug-likeness (QED) is 0.0992. The highest BCUT2D eigenvalue weighted by atomic mass is 32.1. The van der Waals surface area contributed by atoms with Gasteiger partial charge in [0, 0.05) is 75.6 Å². The highest BCUT2D eigenvalue weighted by Gasteiger charge is 2.16.